The molecule has 3 N–H and O–H groups in total. The minimum Gasteiger partial charge on any atom is -0.465 e. The van der Waals surface area contributed by atoms with Gasteiger partial charge >= 0.3 is 6.09 Å². The van der Waals surface area contributed by atoms with Gasteiger partial charge in [0.1, 0.15) is 5.82 Å². The number of carboxylic acid groups (broad SMARTS) is 1. The summed E-state index contributed by atoms with van der Waals surface area (Å²) in [6.45, 7) is 2.84. The van der Waals surface area contributed by atoms with E-state index in [4.69, 9.17) is 10.8 Å². The van der Waals surface area contributed by atoms with E-state index in [1.165, 1.54) is 17.0 Å². The monoisotopic (exact) mass is 264 g/mol. The molecule has 0 aliphatic carbocycles. The molecular formula is C14H17FN2O2. The molecule has 0 saturated carbocycles. The number of hydrogen-bond donors (Lipinski definition) is 2. The molecule has 4 nitrogen and oxygen atoms in total. The number of nitrogen functional groups attached to an aromatic ring is 1. The first kappa shape index (κ1) is 13.4. The number of amides is 1. The summed E-state index contributed by atoms with van der Waals surface area (Å²) in [5, 5.41) is 8.87. The first-order valence-electron chi connectivity index (χ1n) is 6.20. The van der Waals surface area contributed by atoms with Crippen LogP contribution in [0.5, 0.6) is 0 Å². The molecule has 1 aliphatic heterocycles. The first-order chi connectivity index (χ1) is 8.97. The number of nitrogens with two attached hydrogens (primary N) is 1. The SMILES string of the molecule is Cc1c(N)cc(F)cc1C=C1CCN(C(=O)O)CC1. The molecule has 1 amide bonds. The average Bonchev–Trinajstić information content (AvgIpc) is 2.36. The van der Waals surface area contributed by atoms with Gasteiger partial charge in [0, 0.05) is 18.8 Å². The highest BCUT2D eigenvalue weighted by molar-refractivity contribution is 5.67. The Morgan fingerprint density at radius 3 is 2.63 bits per heavy atom. The van der Waals surface area contributed by atoms with Crippen LogP contribution in [0.3, 0.4) is 0 Å². The highest BCUT2D eigenvalue weighted by Crippen LogP contribution is 2.24. The largest absolute Gasteiger partial charge is 0.465 e. The quantitative estimate of drug-likeness (QED) is 0.766. The van der Waals surface area contributed by atoms with Crippen LogP contribution in [-0.2, 0) is 0 Å². The van der Waals surface area contributed by atoms with Crippen LogP contribution in [0.15, 0.2) is 17.7 Å². The van der Waals surface area contributed by atoms with Crippen molar-refractivity contribution in [2.75, 3.05) is 18.8 Å². The normalized spacial score (nSPS) is 15.5. The Balaban J connectivity index is 2.17. The zero-order chi connectivity index (χ0) is 14.0. The predicted octanol–water partition coefficient (Wildman–Crippen LogP) is 2.87. The molecule has 1 saturated heterocycles. The van der Waals surface area contributed by atoms with Crippen LogP contribution in [0.2, 0.25) is 0 Å². The number of anilines is 1. The zero-order valence-corrected chi connectivity index (χ0v) is 10.8. The minimum absolute atomic E-state index is 0.349. The Bertz CT molecular complexity index is 530. The molecule has 1 aromatic carbocycles. The van der Waals surface area contributed by atoms with E-state index in [1.807, 2.05) is 13.0 Å². The molecule has 2 rings (SSSR count). The Morgan fingerprint density at radius 1 is 1.42 bits per heavy atom. The Hall–Kier alpha value is -2.04. The highest BCUT2D eigenvalue weighted by atomic mass is 19.1. The number of benzene rings is 1. The third-order valence-electron chi connectivity index (χ3n) is 3.49. The van der Waals surface area contributed by atoms with Gasteiger partial charge in [-0.2, -0.15) is 0 Å². The summed E-state index contributed by atoms with van der Waals surface area (Å²) < 4.78 is 13.3. The smallest absolute Gasteiger partial charge is 0.407 e. The topological polar surface area (TPSA) is 66.6 Å². The molecule has 0 unspecified atom stereocenters. The van der Waals surface area contributed by atoms with Crippen LogP contribution in [0, 0.1) is 12.7 Å². The van der Waals surface area contributed by atoms with Crippen molar-refractivity contribution < 1.29 is 14.3 Å². The summed E-state index contributed by atoms with van der Waals surface area (Å²) in [5.74, 6) is -0.349. The lowest BCUT2D eigenvalue weighted by Crippen LogP contribution is -2.35. The average molecular weight is 264 g/mol. The molecule has 0 radical (unpaired) electrons. The zero-order valence-electron chi connectivity index (χ0n) is 10.8. The lowest BCUT2D eigenvalue weighted by atomic mass is 9.98. The van der Waals surface area contributed by atoms with Crippen molar-refractivity contribution in [1.82, 2.24) is 4.90 Å². The molecule has 0 spiro atoms. The lowest BCUT2D eigenvalue weighted by Gasteiger charge is -2.25. The second-order valence-electron chi connectivity index (χ2n) is 4.78. The fraction of sp³-hybridized carbons (Fsp3) is 0.357. The molecule has 0 atom stereocenters. The summed E-state index contributed by atoms with van der Waals surface area (Å²) >= 11 is 0. The molecule has 5 heteroatoms. The van der Waals surface area contributed by atoms with Gasteiger partial charge in [-0.3, -0.25) is 0 Å². The molecule has 0 aromatic heterocycles. The molecule has 1 heterocycles. The second-order valence-corrected chi connectivity index (χ2v) is 4.78. The van der Waals surface area contributed by atoms with E-state index in [2.05, 4.69) is 0 Å². The number of rotatable bonds is 1. The van der Waals surface area contributed by atoms with E-state index >= 15 is 0 Å². The van der Waals surface area contributed by atoms with Crippen molar-refractivity contribution in [3.63, 3.8) is 0 Å². The number of hydrogen-bond acceptors (Lipinski definition) is 2. The van der Waals surface area contributed by atoms with Gasteiger partial charge in [0.05, 0.1) is 0 Å². The second kappa shape index (κ2) is 5.30. The van der Waals surface area contributed by atoms with Gasteiger partial charge in [-0.25, -0.2) is 9.18 Å². The molecular weight excluding hydrogens is 247 g/mol. The summed E-state index contributed by atoms with van der Waals surface area (Å²) in [7, 11) is 0. The van der Waals surface area contributed by atoms with Crippen LogP contribution >= 0.6 is 0 Å². The van der Waals surface area contributed by atoms with Crippen molar-refractivity contribution in [1.29, 1.82) is 0 Å². The third kappa shape index (κ3) is 3.05. The molecule has 1 aromatic rings. The van der Waals surface area contributed by atoms with E-state index in [0.717, 1.165) is 16.7 Å². The highest BCUT2D eigenvalue weighted by Gasteiger charge is 2.18. The maximum absolute atomic E-state index is 13.3. The number of piperidine rings is 1. The van der Waals surface area contributed by atoms with Crippen molar-refractivity contribution in [3.05, 3.63) is 34.6 Å². The fourth-order valence-corrected chi connectivity index (χ4v) is 2.22. The Morgan fingerprint density at radius 2 is 2.05 bits per heavy atom. The van der Waals surface area contributed by atoms with Gasteiger partial charge in [-0.1, -0.05) is 11.6 Å². The van der Waals surface area contributed by atoms with Crippen molar-refractivity contribution in [2.24, 2.45) is 0 Å². The van der Waals surface area contributed by atoms with Crippen LogP contribution < -0.4 is 5.73 Å². The maximum Gasteiger partial charge on any atom is 0.407 e. The van der Waals surface area contributed by atoms with Crippen molar-refractivity contribution in [2.45, 2.75) is 19.8 Å². The molecule has 19 heavy (non-hydrogen) atoms. The number of likely N-dealkylation sites (tertiary alicyclic amines) is 1. The standard InChI is InChI=1S/C14H17FN2O2/c1-9-11(7-12(15)8-13(9)16)6-10-2-4-17(5-3-10)14(18)19/h6-8H,2-5,16H2,1H3,(H,18,19). The van der Waals surface area contributed by atoms with E-state index in [0.29, 0.717) is 31.6 Å². The number of nitrogens with zero attached hydrogens (tertiary/aromatic N) is 1. The summed E-state index contributed by atoms with van der Waals surface area (Å²) in [5.41, 5.74) is 8.93. The van der Waals surface area contributed by atoms with Crippen molar-refractivity contribution in [3.8, 4) is 0 Å². The summed E-state index contributed by atoms with van der Waals surface area (Å²) in [6.07, 6.45) is 2.41. The van der Waals surface area contributed by atoms with Gasteiger partial charge in [-0.05, 0) is 43.0 Å². The van der Waals surface area contributed by atoms with Gasteiger partial charge in [0.2, 0.25) is 0 Å². The Kier molecular flexibility index (Phi) is 3.74. The van der Waals surface area contributed by atoms with Gasteiger partial charge < -0.3 is 15.7 Å². The summed E-state index contributed by atoms with van der Waals surface area (Å²) in [4.78, 5) is 12.2. The third-order valence-corrected chi connectivity index (χ3v) is 3.49. The van der Waals surface area contributed by atoms with Crippen LogP contribution in [0.4, 0.5) is 14.9 Å². The molecule has 1 fully saturated rings. The van der Waals surface area contributed by atoms with Gasteiger partial charge in [0.15, 0.2) is 0 Å². The van der Waals surface area contributed by atoms with E-state index in [1.54, 1.807) is 0 Å². The molecule has 0 bridgehead atoms. The van der Waals surface area contributed by atoms with Gasteiger partial charge in [0.25, 0.3) is 0 Å². The van der Waals surface area contributed by atoms with E-state index < -0.39 is 6.09 Å². The predicted molar refractivity (Wildman–Crippen MR) is 72.4 cm³/mol. The van der Waals surface area contributed by atoms with Crippen molar-refractivity contribution >= 4 is 17.9 Å². The van der Waals surface area contributed by atoms with Crippen LogP contribution in [-0.4, -0.2) is 29.2 Å². The maximum atomic E-state index is 13.3. The van der Waals surface area contributed by atoms with Crippen LogP contribution in [0.1, 0.15) is 24.0 Å². The fourth-order valence-electron chi connectivity index (χ4n) is 2.22. The minimum atomic E-state index is -0.884. The first-order valence-corrected chi connectivity index (χ1v) is 6.20. The van der Waals surface area contributed by atoms with E-state index in [-0.39, 0.29) is 5.82 Å². The number of halogens is 1. The van der Waals surface area contributed by atoms with E-state index in [9.17, 15) is 9.18 Å². The summed E-state index contributed by atoms with van der Waals surface area (Å²) in [6, 6.07) is 2.77. The Labute approximate surface area is 111 Å². The number of carbonyl (C=O) groups is 1. The van der Waals surface area contributed by atoms with Crippen LogP contribution in [0.25, 0.3) is 6.08 Å². The lowest BCUT2D eigenvalue weighted by molar-refractivity contribution is 0.142. The molecule has 1 aliphatic rings. The van der Waals surface area contributed by atoms with Gasteiger partial charge in [-0.15, -0.1) is 0 Å². The molecule has 102 valence electrons.